The molecule has 9 heteroatoms. The van der Waals surface area contributed by atoms with E-state index in [-0.39, 0.29) is 30.8 Å². The van der Waals surface area contributed by atoms with E-state index >= 15 is 0 Å². The highest BCUT2D eigenvalue weighted by Crippen LogP contribution is 2.35. The lowest BCUT2D eigenvalue weighted by atomic mass is 9.98. The predicted molar refractivity (Wildman–Crippen MR) is 115 cm³/mol. The molecule has 29 heavy (non-hydrogen) atoms. The fourth-order valence-corrected chi connectivity index (χ4v) is 5.02. The van der Waals surface area contributed by atoms with Crippen molar-refractivity contribution in [1.82, 2.24) is 15.2 Å². The Hall–Kier alpha value is -2.26. The molecular formula is C20H21BrN4O3S. The normalized spacial score (nSPS) is 17.8. The minimum atomic E-state index is -0.691. The summed E-state index contributed by atoms with van der Waals surface area (Å²) in [7, 11) is 0. The number of hydrogen-bond donors (Lipinski definition) is 2. The Balaban J connectivity index is 1.28. The Morgan fingerprint density at radius 1 is 1.31 bits per heavy atom. The van der Waals surface area contributed by atoms with Gasteiger partial charge in [-0.05, 0) is 31.4 Å². The maximum absolute atomic E-state index is 12.6. The molecule has 2 fully saturated rings. The summed E-state index contributed by atoms with van der Waals surface area (Å²) >= 11 is 4.80. The molecule has 1 aromatic heterocycles. The van der Waals surface area contributed by atoms with Crippen LogP contribution in [0.5, 0.6) is 0 Å². The van der Waals surface area contributed by atoms with Crippen molar-refractivity contribution in [3.63, 3.8) is 0 Å². The lowest BCUT2D eigenvalue weighted by Crippen LogP contribution is -2.44. The van der Waals surface area contributed by atoms with Crippen LogP contribution < -0.4 is 10.6 Å². The molecule has 2 N–H and O–H groups in total. The van der Waals surface area contributed by atoms with Gasteiger partial charge in [0.15, 0.2) is 5.13 Å². The quantitative estimate of drug-likeness (QED) is 0.612. The van der Waals surface area contributed by atoms with Crippen LogP contribution in [0.3, 0.4) is 0 Å². The molecule has 2 aromatic rings. The van der Waals surface area contributed by atoms with E-state index in [1.165, 1.54) is 16.2 Å². The Morgan fingerprint density at radius 2 is 2.10 bits per heavy atom. The molecule has 4 rings (SSSR count). The maximum Gasteiger partial charge on any atom is 0.325 e. The van der Waals surface area contributed by atoms with Gasteiger partial charge in [0.25, 0.3) is 5.91 Å². The largest absolute Gasteiger partial charge is 0.325 e. The van der Waals surface area contributed by atoms with E-state index < -0.39 is 5.54 Å². The minimum Gasteiger partial charge on any atom is -0.323 e. The Morgan fingerprint density at radius 3 is 2.86 bits per heavy atom. The number of urea groups is 1. The van der Waals surface area contributed by atoms with E-state index in [2.05, 4.69) is 31.5 Å². The monoisotopic (exact) mass is 476 g/mol. The summed E-state index contributed by atoms with van der Waals surface area (Å²) in [6, 6.07) is 7.47. The van der Waals surface area contributed by atoms with Crippen LogP contribution in [-0.4, -0.2) is 39.8 Å². The van der Waals surface area contributed by atoms with Crippen LogP contribution in [0, 0.1) is 0 Å². The smallest absolute Gasteiger partial charge is 0.323 e. The number of benzene rings is 1. The van der Waals surface area contributed by atoms with Crippen molar-refractivity contribution in [1.29, 1.82) is 0 Å². The predicted octanol–water partition coefficient (Wildman–Crippen LogP) is 4.16. The van der Waals surface area contributed by atoms with E-state index in [1.54, 1.807) is 0 Å². The van der Waals surface area contributed by atoms with Gasteiger partial charge in [0.05, 0.1) is 5.69 Å². The van der Waals surface area contributed by atoms with Gasteiger partial charge in [-0.15, -0.1) is 11.3 Å². The van der Waals surface area contributed by atoms with Gasteiger partial charge in [-0.25, -0.2) is 9.78 Å². The van der Waals surface area contributed by atoms with E-state index in [0.717, 1.165) is 28.6 Å². The zero-order valence-electron chi connectivity index (χ0n) is 15.7. The van der Waals surface area contributed by atoms with Gasteiger partial charge in [0.1, 0.15) is 5.54 Å². The van der Waals surface area contributed by atoms with Crippen LogP contribution in [0.15, 0.2) is 34.1 Å². The second kappa shape index (κ2) is 8.23. The number of halogens is 1. The molecule has 1 aliphatic heterocycles. The average molecular weight is 477 g/mol. The van der Waals surface area contributed by atoms with Gasteiger partial charge >= 0.3 is 6.03 Å². The van der Waals surface area contributed by atoms with Crippen molar-refractivity contribution in [2.45, 2.75) is 44.1 Å². The molecule has 152 valence electrons. The first-order valence-electron chi connectivity index (χ1n) is 9.62. The van der Waals surface area contributed by atoms with Crippen LogP contribution in [-0.2, 0) is 9.59 Å². The fraction of sp³-hybridized carbons (Fsp3) is 0.400. The number of nitrogens with zero attached hydrogens (tertiary/aromatic N) is 2. The van der Waals surface area contributed by atoms with Crippen molar-refractivity contribution >= 4 is 50.2 Å². The van der Waals surface area contributed by atoms with Gasteiger partial charge in [-0.1, -0.05) is 40.9 Å². The van der Waals surface area contributed by atoms with Gasteiger partial charge in [-0.3, -0.25) is 14.5 Å². The summed E-state index contributed by atoms with van der Waals surface area (Å²) < 4.78 is 0.966. The number of amides is 4. The molecule has 2 aliphatic rings. The number of hydrogen-bond acceptors (Lipinski definition) is 5. The van der Waals surface area contributed by atoms with Gasteiger partial charge in [-0.2, -0.15) is 0 Å². The zero-order valence-corrected chi connectivity index (χ0v) is 18.1. The molecule has 4 amide bonds. The average Bonchev–Trinajstić information content (AvgIpc) is 3.39. The number of thiazole rings is 1. The Labute approximate surface area is 181 Å². The topological polar surface area (TPSA) is 91.4 Å². The number of anilines is 1. The number of nitrogens with one attached hydrogen (secondary N) is 2. The lowest BCUT2D eigenvalue weighted by molar-refractivity contribution is -0.131. The fourth-order valence-electron chi connectivity index (χ4n) is 3.89. The third kappa shape index (κ3) is 4.20. The second-order valence-corrected chi connectivity index (χ2v) is 9.15. The first-order valence-corrected chi connectivity index (χ1v) is 11.3. The number of imide groups is 1. The Bertz CT molecular complexity index is 955. The van der Waals surface area contributed by atoms with E-state index in [9.17, 15) is 14.4 Å². The highest BCUT2D eigenvalue weighted by molar-refractivity contribution is 9.10. The molecule has 0 atom stereocenters. The van der Waals surface area contributed by atoms with Crippen LogP contribution in [0.2, 0.25) is 0 Å². The van der Waals surface area contributed by atoms with Gasteiger partial charge in [0.2, 0.25) is 5.91 Å². The molecule has 0 bridgehead atoms. The standard InChI is InChI=1S/C20H21BrN4O3S/c21-14-6-3-5-13(11-14)15-12-29-18(22-15)23-16(26)7-4-10-25-17(27)20(24-19(25)28)8-1-2-9-20/h3,5-6,11-12H,1-2,4,7-10H2,(H,24,28)(H,22,23,26). The van der Waals surface area contributed by atoms with Crippen LogP contribution in [0.4, 0.5) is 9.93 Å². The van der Waals surface area contributed by atoms with E-state index in [4.69, 9.17) is 0 Å². The molecule has 0 radical (unpaired) electrons. The summed E-state index contributed by atoms with van der Waals surface area (Å²) in [6.45, 7) is 0.251. The van der Waals surface area contributed by atoms with Crippen molar-refractivity contribution in [2.75, 3.05) is 11.9 Å². The van der Waals surface area contributed by atoms with E-state index in [0.29, 0.717) is 24.4 Å². The summed E-state index contributed by atoms with van der Waals surface area (Å²) in [5.74, 6) is -0.318. The lowest BCUT2D eigenvalue weighted by Gasteiger charge is -2.19. The summed E-state index contributed by atoms with van der Waals surface area (Å²) in [6.07, 6.45) is 3.97. The van der Waals surface area contributed by atoms with Gasteiger partial charge in [0, 0.05) is 28.4 Å². The van der Waals surface area contributed by atoms with E-state index in [1.807, 2.05) is 29.6 Å². The molecule has 1 spiro atoms. The maximum atomic E-state index is 12.6. The SMILES string of the molecule is O=C(CCCN1C(=O)NC2(CCCC2)C1=O)Nc1nc(-c2cccc(Br)c2)cs1. The number of carbonyl (C=O) groups excluding carboxylic acids is 3. The van der Waals surface area contributed by atoms with Crippen molar-refractivity contribution in [2.24, 2.45) is 0 Å². The van der Waals surface area contributed by atoms with Crippen molar-refractivity contribution in [3.8, 4) is 11.3 Å². The van der Waals surface area contributed by atoms with Crippen LogP contribution in [0.25, 0.3) is 11.3 Å². The molecule has 1 saturated carbocycles. The molecule has 1 saturated heterocycles. The summed E-state index contributed by atoms with van der Waals surface area (Å²) in [5.41, 5.74) is 1.08. The second-order valence-electron chi connectivity index (χ2n) is 7.38. The van der Waals surface area contributed by atoms with Gasteiger partial charge < -0.3 is 10.6 Å². The first kappa shape index (κ1) is 20.0. The van der Waals surface area contributed by atoms with Crippen LogP contribution >= 0.6 is 27.3 Å². The Kier molecular flexibility index (Phi) is 5.69. The number of carbonyl (C=O) groups is 3. The molecule has 1 aromatic carbocycles. The molecule has 7 nitrogen and oxygen atoms in total. The highest BCUT2D eigenvalue weighted by Gasteiger charge is 2.52. The summed E-state index contributed by atoms with van der Waals surface area (Å²) in [5, 5.41) is 8.08. The molecular weight excluding hydrogens is 456 g/mol. The highest BCUT2D eigenvalue weighted by atomic mass is 79.9. The van der Waals surface area contributed by atoms with Crippen molar-refractivity contribution in [3.05, 3.63) is 34.1 Å². The third-order valence-electron chi connectivity index (χ3n) is 5.36. The number of rotatable bonds is 6. The first-order chi connectivity index (χ1) is 14.0. The third-order valence-corrected chi connectivity index (χ3v) is 6.61. The minimum absolute atomic E-state index is 0.140. The molecule has 1 aliphatic carbocycles. The zero-order chi connectivity index (χ0) is 20.4. The van der Waals surface area contributed by atoms with Crippen LogP contribution in [0.1, 0.15) is 38.5 Å². The van der Waals surface area contributed by atoms with Crippen molar-refractivity contribution < 1.29 is 14.4 Å². The number of aromatic nitrogens is 1. The molecule has 0 unspecified atom stereocenters. The molecule has 2 heterocycles. The summed E-state index contributed by atoms with van der Waals surface area (Å²) in [4.78, 5) is 42.7.